The number of rotatable bonds is 7. The largest absolute Gasteiger partial charge is 0.494 e. The smallest absolute Gasteiger partial charge is 0.119 e. The van der Waals surface area contributed by atoms with Crippen molar-refractivity contribution >= 4 is 18.3 Å². The van der Waals surface area contributed by atoms with Gasteiger partial charge in [-0.05, 0) is 50.0 Å². The molecule has 0 spiro atoms. The first-order valence-corrected chi connectivity index (χ1v) is 9.01. The van der Waals surface area contributed by atoms with Gasteiger partial charge in [0.2, 0.25) is 0 Å². The van der Waals surface area contributed by atoms with Gasteiger partial charge in [-0.2, -0.15) is 0 Å². The highest BCUT2D eigenvalue weighted by Crippen LogP contribution is 2.18. The third kappa shape index (κ3) is 5.00. The minimum absolute atomic E-state index is 0.768. The molecule has 120 valence electrons. The molecule has 1 fully saturated rings. The average molecular weight is 319 g/mol. The van der Waals surface area contributed by atoms with E-state index in [0.717, 1.165) is 38.4 Å². The summed E-state index contributed by atoms with van der Waals surface area (Å²) >= 11 is 1.55. The number of ether oxygens (including phenoxy) is 1. The highest BCUT2D eigenvalue weighted by atomic mass is 32.2. The second kappa shape index (κ2) is 8.56. The van der Waals surface area contributed by atoms with Crippen LogP contribution in [0.4, 0.5) is 0 Å². The van der Waals surface area contributed by atoms with Crippen LogP contribution in [0, 0.1) is 0 Å². The fraction of sp³-hybridized carbons (Fsp3) is 0.588. The van der Waals surface area contributed by atoms with E-state index in [2.05, 4.69) is 37.9 Å². The second-order valence-electron chi connectivity index (χ2n) is 5.94. The lowest BCUT2D eigenvalue weighted by Gasteiger charge is -2.26. The maximum absolute atomic E-state index is 5.90. The normalized spacial score (nSPS) is 19.6. The predicted octanol–water partition coefficient (Wildman–Crippen LogP) is 3.39. The Morgan fingerprint density at radius 1 is 1.18 bits per heavy atom. The third-order valence-corrected chi connectivity index (χ3v) is 4.90. The van der Waals surface area contributed by atoms with Crippen molar-refractivity contribution in [2.75, 3.05) is 32.8 Å². The van der Waals surface area contributed by atoms with Crippen LogP contribution in [0.5, 0.6) is 5.75 Å². The van der Waals surface area contributed by atoms with Gasteiger partial charge in [-0.15, -0.1) is 0 Å². The van der Waals surface area contributed by atoms with Gasteiger partial charge in [-0.1, -0.05) is 18.6 Å². The van der Waals surface area contributed by atoms with Crippen LogP contribution in [0.1, 0.15) is 31.2 Å². The van der Waals surface area contributed by atoms with Crippen molar-refractivity contribution in [1.29, 1.82) is 0 Å². The van der Waals surface area contributed by atoms with E-state index in [1.807, 2.05) is 6.21 Å². The van der Waals surface area contributed by atoms with Crippen molar-refractivity contribution < 1.29 is 4.74 Å². The van der Waals surface area contributed by atoms with Crippen LogP contribution in [0.3, 0.4) is 0 Å². The van der Waals surface area contributed by atoms with Gasteiger partial charge in [0.1, 0.15) is 5.75 Å². The molecule has 0 unspecified atom stereocenters. The zero-order valence-electron chi connectivity index (χ0n) is 13.1. The predicted molar refractivity (Wildman–Crippen MR) is 93.3 cm³/mol. The summed E-state index contributed by atoms with van der Waals surface area (Å²) in [5.74, 6) is 1.000. The molecule has 2 aliphatic heterocycles. The molecule has 22 heavy (non-hydrogen) atoms. The molecule has 1 aromatic rings. The summed E-state index contributed by atoms with van der Waals surface area (Å²) in [4.78, 5) is 2.55. The van der Waals surface area contributed by atoms with Gasteiger partial charge in [0, 0.05) is 25.8 Å². The molecule has 0 aliphatic carbocycles. The van der Waals surface area contributed by atoms with Crippen LogP contribution in [-0.2, 0) is 6.54 Å². The van der Waals surface area contributed by atoms with Gasteiger partial charge in [0.05, 0.1) is 18.7 Å². The Bertz CT molecular complexity index is 481. The number of likely N-dealkylation sites (tertiary alicyclic amines) is 1. The Morgan fingerprint density at radius 3 is 2.91 bits per heavy atom. The lowest BCUT2D eigenvalue weighted by molar-refractivity contribution is 0.220. The minimum Gasteiger partial charge on any atom is -0.494 e. The van der Waals surface area contributed by atoms with Crippen LogP contribution < -0.4 is 4.74 Å². The van der Waals surface area contributed by atoms with Gasteiger partial charge in [0.25, 0.3) is 0 Å². The van der Waals surface area contributed by atoms with Crippen molar-refractivity contribution in [3.63, 3.8) is 0 Å². The van der Waals surface area contributed by atoms with Crippen molar-refractivity contribution in [2.24, 2.45) is 4.40 Å². The summed E-state index contributed by atoms with van der Waals surface area (Å²) in [5, 5.41) is 0. The molecule has 4 nitrogen and oxygen atoms in total. The first kappa shape index (κ1) is 15.8. The highest BCUT2D eigenvalue weighted by molar-refractivity contribution is 7.96. The van der Waals surface area contributed by atoms with Crippen molar-refractivity contribution in [3.05, 3.63) is 29.8 Å². The van der Waals surface area contributed by atoms with Crippen LogP contribution in [0.2, 0.25) is 0 Å². The molecule has 0 amide bonds. The third-order valence-electron chi connectivity index (χ3n) is 4.10. The highest BCUT2D eigenvalue weighted by Gasteiger charge is 2.11. The van der Waals surface area contributed by atoms with Crippen LogP contribution in [-0.4, -0.2) is 48.2 Å². The number of piperidine rings is 1. The van der Waals surface area contributed by atoms with Gasteiger partial charge in [-0.3, -0.25) is 4.90 Å². The van der Waals surface area contributed by atoms with E-state index in [1.54, 1.807) is 12.1 Å². The molecule has 0 N–H and O–H groups in total. The molecular weight excluding hydrogens is 294 g/mol. The Kier molecular flexibility index (Phi) is 6.16. The lowest BCUT2D eigenvalue weighted by atomic mass is 10.1. The SMILES string of the molecule is C1=NSN(CCCOc2cccc(CN3CCCCC3)c2)C1. The van der Waals surface area contributed by atoms with E-state index in [1.165, 1.54) is 37.9 Å². The van der Waals surface area contributed by atoms with Gasteiger partial charge in [0.15, 0.2) is 0 Å². The number of nitrogens with zero attached hydrogens (tertiary/aromatic N) is 3. The fourth-order valence-corrected chi connectivity index (χ4v) is 3.54. The summed E-state index contributed by atoms with van der Waals surface area (Å²) in [7, 11) is 0. The molecule has 1 saturated heterocycles. The van der Waals surface area contributed by atoms with E-state index < -0.39 is 0 Å². The van der Waals surface area contributed by atoms with E-state index in [0.29, 0.717) is 0 Å². The molecule has 0 atom stereocenters. The van der Waals surface area contributed by atoms with E-state index in [-0.39, 0.29) is 0 Å². The topological polar surface area (TPSA) is 28.1 Å². The van der Waals surface area contributed by atoms with E-state index in [9.17, 15) is 0 Å². The standard InChI is InChI=1S/C17H25N3OS/c1-2-9-19(10-3-1)15-16-6-4-7-17(14-16)21-13-5-11-20-12-8-18-22-20/h4,6-8,14H,1-3,5,9-13,15H2. The Morgan fingerprint density at radius 2 is 2.09 bits per heavy atom. The van der Waals surface area contributed by atoms with Crippen LogP contribution >= 0.6 is 12.1 Å². The van der Waals surface area contributed by atoms with Crippen LogP contribution in [0.15, 0.2) is 28.7 Å². The first-order valence-electron chi connectivity index (χ1n) is 8.28. The summed E-state index contributed by atoms with van der Waals surface area (Å²) in [6.07, 6.45) is 7.06. The summed E-state index contributed by atoms with van der Waals surface area (Å²) in [5.41, 5.74) is 1.36. The molecule has 1 aromatic carbocycles. The number of hydrogen-bond acceptors (Lipinski definition) is 5. The number of hydrogen-bond donors (Lipinski definition) is 0. The number of benzene rings is 1. The van der Waals surface area contributed by atoms with E-state index >= 15 is 0 Å². The summed E-state index contributed by atoms with van der Waals surface area (Å²) in [6, 6.07) is 8.58. The molecule has 0 aromatic heterocycles. The van der Waals surface area contributed by atoms with Gasteiger partial charge < -0.3 is 4.74 Å². The lowest BCUT2D eigenvalue weighted by Crippen LogP contribution is -2.29. The molecule has 0 radical (unpaired) electrons. The summed E-state index contributed by atoms with van der Waals surface area (Å²) < 4.78 is 12.3. The molecule has 3 rings (SSSR count). The van der Waals surface area contributed by atoms with Crippen molar-refractivity contribution in [2.45, 2.75) is 32.2 Å². The van der Waals surface area contributed by atoms with Crippen molar-refractivity contribution in [1.82, 2.24) is 9.21 Å². The molecular formula is C17H25N3OS. The molecule has 0 bridgehead atoms. The summed E-state index contributed by atoms with van der Waals surface area (Å²) in [6.45, 7) is 6.28. The maximum Gasteiger partial charge on any atom is 0.119 e. The minimum atomic E-state index is 0.768. The Hall–Kier alpha value is -1.04. The quantitative estimate of drug-likeness (QED) is 0.569. The van der Waals surface area contributed by atoms with E-state index in [4.69, 9.17) is 4.74 Å². The zero-order valence-corrected chi connectivity index (χ0v) is 13.9. The fourth-order valence-electron chi connectivity index (χ4n) is 2.93. The Labute approximate surface area is 137 Å². The molecule has 2 aliphatic rings. The first-order chi connectivity index (χ1) is 10.9. The van der Waals surface area contributed by atoms with Gasteiger partial charge in [-0.25, -0.2) is 8.70 Å². The maximum atomic E-state index is 5.90. The molecule has 5 heteroatoms. The zero-order chi connectivity index (χ0) is 15.0. The Balaban J connectivity index is 1.40. The monoisotopic (exact) mass is 319 g/mol. The van der Waals surface area contributed by atoms with Gasteiger partial charge >= 0.3 is 0 Å². The molecule has 2 heterocycles. The van der Waals surface area contributed by atoms with Crippen molar-refractivity contribution in [3.8, 4) is 5.75 Å². The molecule has 0 saturated carbocycles. The average Bonchev–Trinajstić information content (AvgIpc) is 3.06. The van der Waals surface area contributed by atoms with Crippen LogP contribution in [0.25, 0.3) is 0 Å². The second-order valence-corrected chi connectivity index (χ2v) is 6.83.